The topological polar surface area (TPSA) is 135 Å². The van der Waals surface area contributed by atoms with Crippen LogP contribution in [0.25, 0.3) is 16.8 Å². The molecule has 1 aromatic heterocycles. The van der Waals surface area contributed by atoms with E-state index in [4.69, 9.17) is 10.7 Å². The molecule has 0 saturated carbocycles. The Bertz CT molecular complexity index is 1900. The molecule has 2 aliphatic rings. The first kappa shape index (κ1) is 31.9. The number of halogens is 3. The van der Waals surface area contributed by atoms with E-state index in [2.05, 4.69) is 4.99 Å². The number of anilines is 1. The van der Waals surface area contributed by atoms with Gasteiger partial charge in [0.15, 0.2) is 5.82 Å². The molecule has 1 atom stereocenters. The first-order valence-corrected chi connectivity index (χ1v) is 17.9. The van der Waals surface area contributed by atoms with Crippen LogP contribution < -0.4 is 10.5 Å². The average molecular weight is 666 g/mol. The van der Waals surface area contributed by atoms with Crippen LogP contribution in [0.15, 0.2) is 64.3 Å². The van der Waals surface area contributed by atoms with Crippen molar-refractivity contribution in [2.24, 2.45) is 16.6 Å². The molecule has 1 unspecified atom stereocenters. The van der Waals surface area contributed by atoms with Crippen molar-refractivity contribution in [1.82, 2.24) is 9.29 Å². The maximum absolute atomic E-state index is 16.2. The van der Waals surface area contributed by atoms with Crippen molar-refractivity contribution in [3.8, 4) is 11.3 Å². The number of sulfonamides is 2. The number of benzene rings is 2. The number of nitrogens with zero attached hydrogens (tertiary/aromatic N) is 3. The van der Waals surface area contributed by atoms with Crippen molar-refractivity contribution in [2.45, 2.75) is 37.0 Å². The number of aromatic nitrogens is 1. The number of hydrogen-bond acceptors (Lipinski definition) is 8. The van der Waals surface area contributed by atoms with Crippen molar-refractivity contribution in [3.05, 3.63) is 81.7 Å². The molecule has 0 amide bonds. The largest absolute Gasteiger partial charge is 0.384 e. The molecule has 44 heavy (non-hydrogen) atoms. The van der Waals surface area contributed by atoms with Gasteiger partial charge < -0.3 is 5.73 Å². The van der Waals surface area contributed by atoms with Gasteiger partial charge in [-0.15, -0.1) is 11.3 Å². The minimum absolute atomic E-state index is 0.00937. The molecular weight excluding hydrogens is 636 g/mol. The molecule has 3 N–H and O–H groups in total. The third kappa shape index (κ3) is 6.60. The third-order valence-corrected chi connectivity index (χ3v) is 11.5. The van der Waals surface area contributed by atoms with E-state index in [0.717, 1.165) is 11.6 Å². The van der Waals surface area contributed by atoms with Gasteiger partial charge in [0.05, 0.1) is 27.5 Å². The molecule has 0 radical (unpaired) electrons. The predicted molar refractivity (Wildman–Crippen MR) is 166 cm³/mol. The number of nitrogens with two attached hydrogens (primary N) is 1. The molecule has 2 aromatic carbocycles. The Balaban J connectivity index is 1.59. The SMILES string of the molecule is CCC1C=C(N)N=CC=C1c1sc(C2CCN(S(C)(=O)=O)CC2)nc1-c1cccc(NS(=O)(=O)c2cc(F)ccc2F)c1F. The van der Waals surface area contributed by atoms with Crippen LogP contribution >= 0.6 is 11.3 Å². The van der Waals surface area contributed by atoms with Crippen molar-refractivity contribution < 1.29 is 30.0 Å². The van der Waals surface area contributed by atoms with Gasteiger partial charge in [0.25, 0.3) is 10.0 Å². The van der Waals surface area contributed by atoms with Gasteiger partial charge in [0.1, 0.15) is 22.4 Å². The molecule has 0 bridgehead atoms. The van der Waals surface area contributed by atoms with Crippen LogP contribution in [0, 0.1) is 23.4 Å². The first-order chi connectivity index (χ1) is 20.8. The fraction of sp³-hybridized carbons (Fsp3) is 0.310. The van der Waals surface area contributed by atoms with Gasteiger partial charge in [0.2, 0.25) is 10.0 Å². The second-order valence-electron chi connectivity index (χ2n) is 10.5. The summed E-state index contributed by atoms with van der Waals surface area (Å²) in [5.41, 5.74) is 6.59. The van der Waals surface area contributed by atoms with Crippen LogP contribution in [-0.2, 0) is 20.0 Å². The van der Waals surface area contributed by atoms with Crippen LogP contribution in [0.4, 0.5) is 18.9 Å². The molecule has 0 spiro atoms. The number of rotatable bonds is 8. The van der Waals surface area contributed by atoms with E-state index in [-0.39, 0.29) is 23.1 Å². The Kier molecular flexibility index (Phi) is 9.03. The van der Waals surface area contributed by atoms with Crippen molar-refractivity contribution >= 4 is 48.9 Å². The minimum atomic E-state index is -4.70. The Morgan fingerprint density at radius 1 is 1.09 bits per heavy atom. The quantitative estimate of drug-likeness (QED) is 0.328. The minimum Gasteiger partial charge on any atom is -0.384 e. The summed E-state index contributed by atoms with van der Waals surface area (Å²) in [5.74, 6) is -3.06. The molecule has 0 aliphatic carbocycles. The third-order valence-electron chi connectivity index (χ3n) is 7.55. The fourth-order valence-electron chi connectivity index (χ4n) is 5.25. The van der Waals surface area contributed by atoms with Crippen molar-refractivity contribution in [1.29, 1.82) is 0 Å². The van der Waals surface area contributed by atoms with Crippen LogP contribution in [0.3, 0.4) is 0 Å². The first-order valence-electron chi connectivity index (χ1n) is 13.7. The van der Waals surface area contributed by atoms with E-state index in [1.165, 1.54) is 40.1 Å². The monoisotopic (exact) mass is 665 g/mol. The number of aliphatic imine (C=N–C) groups is 1. The maximum Gasteiger partial charge on any atom is 0.265 e. The molecular formula is C29H30F3N5O4S3. The Hall–Kier alpha value is -3.53. The Morgan fingerprint density at radius 3 is 2.50 bits per heavy atom. The van der Waals surface area contributed by atoms with Gasteiger partial charge in [-0.3, -0.25) is 4.72 Å². The highest BCUT2D eigenvalue weighted by Crippen LogP contribution is 2.44. The Morgan fingerprint density at radius 2 is 1.82 bits per heavy atom. The molecule has 9 nitrogen and oxygen atoms in total. The lowest BCUT2D eigenvalue weighted by Crippen LogP contribution is -2.37. The van der Waals surface area contributed by atoms with Crippen LogP contribution in [-0.4, -0.2) is 51.7 Å². The normalized spacial score (nSPS) is 18.5. The zero-order valence-electron chi connectivity index (χ0n) is 23.8. The van der Waals surface area contributed by atoms with Crippen molar-refractivity contribution in [3.63, 3.8) is 0 Å². The second-order valence-corrected chi connectivity index (χ2v) is 15.2. The lowest BCUT2D eigenvalue weighted by atomic mass is 9.92. The fourth-order valence-corrected chi connectivity index (χ4v) is 8.61. The van der Waals surface area contributed by atoms with E-state index in [1.807, 2.05) is 11.6 Å². The highest BCUT2D eigenvalue weighted by Gasteiger charge is 2.31. The Labute approximate surface area is 258 Å². The van der Waals surface area contributed by atoms with Gasteiger partial charge in [0, 0.05) is 36.7 Å². The summed E-state index contributed by atoms with van der Waals surface area (Å²) in [6, 6.07) is 6.04. The predicted octanol–water partition coefficient (Wildman–Crippen LogP) is 5.46. The van der Waals surface area contributed by atoms with E-state index >= 15 is 4.39 Å². The number of nitrogens with one attached hydrogen (secondary N) is 1. The molecule has 5 rings (SSSR count). The molecule has 2 aliphatic heterocycles. The van der Waals surface area contributed by atoms with E-state index < -0.39 is 48.1 Å². The van der Waals surface area contributed by atoms with Crippen LogP contribution in [0.5, 0.6) is 0 Å². The van der Waals surface area contributed by atoms with Gasteiger partial charge in [-0.05, 0) is 67.3 Å². The molecule has 3 aromatic rings. The van der Waals surface area contributed by atoms with Gasteiger partial charge >= 0.3 is 0 Å². The average Bonchev–Trinajstić information content (AvgIpc) is 3.31. The molecule has 234 valence electrons. The summed E-state index contributed by atoms with van der Waals surface area (Å²) in [6.07, 6.45) is 8.00. The highest BCUT2D eigenvalue weighted by atomic mass is 32.2. The van der Waals surface area contributed by atoms with Gasteiger partial charge in [-0.1, -0.05) is 13.0 Å². The van der Waals surface area contributed by atoms with E-state index in [9.17, 15) is 25.6 Å². The zero-order chi connectivity index (χ0) is 31.8. The van der Waals surface area contributed by atoms with Gasteiger partial charge in [-0.2, -0.15) is 0 Å². The van der Waals surface area contributed by atoms with Crippen LogP contribution in [0.2, 0.25) is 0 Å². The zero-order valence-corrected chi connectivity index (χ0v) is 26.2. The smallest absolute Gasteiger partial charge is 0.265 e. The standard InChI is InChI=1S/C29H30F3N5O4S3/c1-3-17-15-25(33)34-12-9-20(17)28-27(35-29(42-28)18-10-13-37(14-11-18)43(2,38)39)21-5-4-6-23(26(21)32)36-44(40,41)24-16-19(30)7-8-22(24)31/h4-9,12,15-18,36H,3,10-11,13-14,33H2,1-2H3. The summed E-state index contributed by atoms with van der Waals surface area (Å²) in [4.78, 5) is 8.72. The lowest BCUT2D eigenvalue weighted by Gasteiger charge is -2.29. The highest BCUT2D eigenvalue weighted by molar-refractivity contribution is 7.92. The van der Waals surface area contributed by atoms with Gasteiger partial charge in [-0.25, -0.2) is 44.3 Å². The maximum atomic E-state index is 16.2. The molecule has 15 heteroatoms. The van der Waals surface area contributed by atoms with E-state index in [0.29, 0.717) is 60.2 Å². The summed E-state index contributed by atoms with van der Waals surface area (Å²) in [5, 5.41) is 0.684. The summed E-state index contributed by atoms with van der Waals surface area (Å²) in [6.45, 7) is 2.61. The summed E-state index contributed by atoms with van der Waals surface area (Å²) < 4.78 is 97.8. The number of allylic oxidation sites excluding steroid dienone is 3. The van der Waals surface area contributed by atoms with Crippen molar-refractivity contribution in [2.75, 3.05) is 24.1 Å². The molecule has 1 saturated heterocycles. The molecule has 3 heterocycles. The summed E-state index contributed by atoms with van der Waals surface area (Å²) in [7, 11) is -8.04. The summed E-state index contributed by atoms with van der Waals surface area (Å²) >= 11 is 1.36. The second kappa shape index (κ2) is 12.5. The van der Waals surface area contributed by atoms with Crippen LogP contribution in [0.1, 0.15) is 42.0 Å². The number of piperidine rings is 1. The number of hydrogen-bond donors (Lipinski definition) is 2. The lowest BCUT2D eigenvalue weighted by molar-refractivity contribution is 0.321. The molecule has 1 fully saturated rings. The number of thiazole rings is 1. The van der Waals surface area contributed by atoms with E-state index in [1.54, 1.807) is 18.4 Å².